The van der Waals surface area contributed by atoms with Crippen molar-refractivity contribution in [2.75, 3.05) is 13.2 Å². The SMILES string of the molecule is Cc1cc(C(C)OC2OCCNC2c2ccccc2)cc(C)c1Cl. The molecule has 3 nitrogen and oxygen atoms in total. The fourth-order valence-corrected chi connectivity index (χ4v) is 3.24. The maximum atomic E-state index is 6.27. The first-order chi connectivity index (χ1) is 11.6. The van der Waals surface area contributed by atoms with Crippen molar-refractivity contribution in [3.8, 4) is 0 Å². The highest BCUT2D eigenvalue weighted by Crippen LogP contribution is 2.31. The molecule has 0 saturated carbocycles. The van der Waals surface area contributed by atoms with Crippen molar-refractivity contribution >= 4 is 11.6 Å². The molecular formula is C20H24ClNO2. The molecule has 3 unspecified atom stereocenters. The topological polar surface area (TPSA) is 30.5 Å². The fourth-order valence-electron chi connectivity index (χ4n) is 3.13. The number of benzene rings is 2. The van der Waals surface area contributed by atoms with Gasteiger partial charge in [-0.3, -0.25) is 0 Å². The summed E-state index contributed by atoms with van der Waals surface area (Å²) in [4.78, 5) is 0. The van der Waals surface area contributed by atoms with E-state index in [4.69, 9.17) is 21.1 Å². The second-order valence-electron chi connectivity index (χ2n) is 6.33. The number of halogens is 1. The zero-order valence-corrected chi connectivity index (χ0v) is 15.1. The summed E-state index contributed by atoms with van der Waals surface area (Å²) in [5.41, 5.74) is 4.45. The van der Waals surface area contributed by atoms with Crippen molar-refractivity contribution in [2.24, 2.45) is 0 Å². The maximum Gasteiger partial charge on any atom is 0.177 e. The Labute approximate surface area is 148 Å². The Morgan fingerprint density at radius 3 is 2.50 bits per heavy atom. The number of hydrogen-bond donors (Lipinski definition) is 1. The monoisotopic (exact) mass is 345 g/mol. The van der Waals surface area contributed by atoms with Crippen LogP contribution in [0.4, 0.5) is 0 Å². The summed E-state index contributed by atoms with van der Waals surface area (Å²) in [7, 11) is 0. The molecule has 1 aliphatic rings. The molecule has 0 aliphatic carbocycles. The molecule has 1 aliphatic heterocycles. The van der Waals surface area contributed by atoms with E-state index in [0.717, 1.165) is 28.3 Å². The van der Waals surface area contributed by atoms with Crippen molar-refractivity contribution < 1.29 is 9.47 Å². The van der Waals surface area contributed by atoms with Gasteiger partial charge in [0.2, 0.25) is 0 Å². The molecule has 0 radical (unpaired) electrons. The molecule has 0 bridgehead atoms. The summed E-state index contributed by atoms with van der Waals surface area (Å²) in [6.45, 7) is 7.59. The molecule has 2 aromatic rings. The largest absolute Gasteiger partial charge is 0.349 e. The van der Waals surface area contributed by atoms with Crippen molar-refractivity contribution in [1.82, 2.24) is 5.32 Å². The van der Waals surface area contributed by atoms with E-state index in [1.807, 2.05) is 32.0 Å². The van der Waals surface area contributed by atoms with Gasteiger partial charge in [0.05, 0.1) is 18.8 Å². The summed E-state index contributed by atoms with van der Waals surface area (Å²) >= 11 is 6.27. The zero-order valence-electron chi connectivity index (χ0n) is 14.4. The van der Waals surface area contributed by atoms with Crippen LogP contribution >= 0.6 is 11.6 Å². The molecule has 1 saturated heterocycles. The Morgan fingerprint density at radius 2 is 1.83 bits per heavy atom. The third-order valence-electron chi connectivity index (χ3n) is 4.45. The van der Waals surface area contributed by atoms with Crippen LogP contribution in [0.1, 0.15) is 41.3 Å². The standard InChI is InChI=1S/C20H24ClNO2/c1-13-11-17(12-14(2)18(13)21)15(3)24-20-19(22-9-10-23-20)16-7-5-4-6-8-16/h4-8,11-12,15,19-20,22H,9-10H2,1-3H3. The van der Waals surface area contributed by atoms with Crippen LogP contribution < -0.4 is 5.32 Å². The van der Waals surface area contributed by atoms with Gasteiger partial charge < -0.3 is 14.8 Å². The van der Waals surface area contributed by atoms with E-state index >= 15 is 0 Å². The van der Waals surface area contributed by atoms with Crippen LogP contribution in [0.25, 0.3) is 0 Å². The van der Waals surface area contributed by atoms with Gasteiger partial charge in [0.1, 0.15) is 0 Å². The average Bonchev–Trinajstić information content (AvgIpc) is 2.60. The predicted molar refractivity (Wildman–Crippen MR) is 97.4 cm³/mol. The van der Waals surface area contributed by atoms with Crippen LogP contribution in [-0.4, -0.2) is 19.4 Å². The summed E-state index contributed by atoms with van der Waals surface area (Å²) in [5.74, 6) is 0. The third kappa shape index (κ3) is 3.81. The zero-order chi connectivity index (χ0) is 17.1. The predicted octanol–water partition coefficient (Wildman–Crippen LogP) is 4.72. The number of aryl methyl sites for hydroxylation is 2. The minimum Gasteiger partial charge on any atom is -0.349 e. The van der Waals surface area contributed by atoms with E-state index < -0.39 is 0 Å². The molecule has 2 aromatic carbocycles. The molecule has 1 heterocycles. The van der Waals surface area contributed by atoms with Gasteiger partial charge in [0.15, 0.2) is 6.29 Å². The Balaban J connectivity index is 1.78. The lowest BCUT2D eigenvalue weighted by Gasteiger charge is -2.34. The van der Waals surface area contributed by atoms with Gasteiger partial charge in [-0.2, -0.15) is 0 Å². The van der Waals surface area contributed by atoms with Crippen molar-refractivity contribution in [2.45, 2.75) is 39.2 Å². The smallest absolute Gasteiger partial charge is 0.177 e. The number of morpholine rings is 1. The highest BCUT2D eigenvalue weighted by atomic mass is 35.5. The lowest BCUT2D eigenvalue weighted by Crippen LogP contribution is -2.43. The van der Waals surface area contributed by atoms with Gasteiger partial charge in [-0.1, -0.05) is 54.1 Å². The van der Waals surface area contributed by atoms with Gasteiger partial charge >= 0.3 is 0 Å². The fraction of sp³-hybridized carbons (Fsp3) is 0.400. The number of nitrogens with one attached hydrogen (secondary N) is 1. The first kappa shape index (κ1) is 17.4. The molecule has 24 heavy (non-hydrogen) atoms. The Morgan fingerprint density at radius 1 is 1.17 bits per heavy atom. The second-order valence-corrected chi connectivity index (χ2v) is 6.71. The highest BCUT2D eigenvalue weighted by Gasteiger charge is 2.29. The molecule has 4 heteroatoms. The lowest BCUT2D eigenvalue weighted by molar-refractivity contribution is -0.200. The average molecular weight is 346 g/mol. The normalized spacial score (nSPS) is 22.3. The maximum absolute atomic E-state index is 6.27. The first-order valence-electron chi connectivity index (χ1n) is 8.38. The Hall–Kier alpha value is -1.39. The second kappa shape index (κ2) is 7.66. The van der Waals surface area contributed by atoms with Gasteiger partial charge in [0.25, 0.3) is 0 Å². The Bertz CT molecular complexity index is 666. The van der Waals surface area contributed by atoms with Crippen LogP contribution in [-0.2, 0) is 9.47 Å². The van der Waals surface area contributed by atoms with Crippen LogP contribution in [0, 0.1) is 13.8 Å². The third-order valence-corrected chi connectivity index (χ3v) is 5.04. The number of ether oxygens (including phenoxy) is 2. The molecule has 1 N–H and O–H groups in total. The highest BCUT2D eigenvalue weighted by molar-refractivity contribution is 6.32. The summed E-state index contributed by atoms with van der Waals surface area (Å²) < 4.78 is 12.2. The molecule has 1 fully saturated rings. The molecule has 3 atom stereocenters. The van der Waals surface area contributed by atoms with Crippen LogP contribution in [0.2, 0.25) is 5.02 Å². The van der Waals surface area contributed by atoms with E-state index in [1.165, 1.54) is 5.56 Å². The van der Waals surface area contributed by atoms with Gasteiger partial charge in [-0.05, 0) is 43.0 Å². The van der Waals surface area contributed by atoms with Gasteiger partial charge in [-0.15, -0.1) is 0 Å². The molecular weight excluding hydrogens is 322 g/mol. The van der Waals surface area contributed by atoms with Crippen LogP contribution in [0.5, 0.6) is 0 Å². The number of hydrogen-bond acceptors (Lipinski definition) is 3. The molecule has 0 aromatic heterocycles. The van der Waals surface area contributed by atoms with E-state index in [1.54, 1.807) is 0 Å². The molecule has 128 valence electrons. The molecule has 0 spiro atoms. The lowest BCUT2D eigenvalue weighted by atomic mass is 10.0. The van der Waals surface area contributed by atoms with Crippen LogP contribution in [0.15, 0.2) is 42.5 Å². The summed E-state index contributed by atoms with van der Waals surface area (Å²) in [5, 5.41) is 4.33. The van der Waals surface area contributed by atoms with E-state index in [9.17, 15) is 0 Å². The molecule has 3 rings (SSSR count). The van der Waals surface area contributed by atoms with Crippen molar-refractivity contribution in [1.29, 1.82) is 0 Å². The molecule has 0 amide bonds. The first-order valence-corrected chi connectivity index (χ1v) is 8.76. The van der Waals surface area contributed by atoms with E-state index in [2.05, 4.69) is 36.5 Å². The van der Waals surface area contributed by atoms with Crippen molar-refractivity contribution in [3.63, 3.8) is 0 Å². The summed E-state index contributed by atoms with van der Waals surface area (Å²) in [6.07, 6.45) is -0.386. The van der Waals surface area contributed by atoms with Crippen molar-refractivity contribution in [3.05, 3.63) is 69.7 Å². The minimum absolute atomic E-state index is 0.0388. The van der Waals surface area contributed by atoms with Gasteiger partial charge in [-0.25, -0.2) is 0 Å². The van der Waals surface area contributed by atoms with Crippen LogP contribution in [0.3, 0.4) is 0 Å². The number of rotatable bonds is 4. The van der Waals surface area contributed by atoms with E-state index in [0.29, 0.717) is 6.61 Å². The quantitative estimate of drug-likeness (QED) is 0.869. The minimum atomic E-state index is -0.313. The van der Waals surface area contributed by atoms with E-state index in [-0.39, 0.29) is 18.4 Å². The Kier molecular flexibility index (Phi) is 5.57. The van der Waals surface area contributed by atoms with Gasteiger partial charge in [0, 0.05) is 11.6 Å². The summed E-state index contributed by atoms with van der Waals surface area (Å²) in [6, 6.07) is 14.5.